The third kappa shape index (κ3) is 3.50. The zero-order valence-electron chi connectivity index (χ0n) is 12.6. The minimum absolute atomic E-state index is 0.0600. The van der Waals surface area contributed by atoms with Gasteiger partial charge >= 0.3 is 5.97 Å². The van der Waals surface area contributed by atoms with Crippen LogP contribution in [0.1, 0.15) is 47.7 Å². The van der Waals surface area contributed by atoms with E-state index in [1.54, 1.807) is 13.8 Å². The molecule has 1 rings (SSSR count). The molecule has 1 aromatic rings. The molecule has 1 aromatic heterocycles. The predicted molar refractivity (Wildman–Crippen MR) is 82.6 cm³/mol. The molecular weight excluding hydrogens is 276 g/mol. The van der Waals surface area contributed by atoms with E-state index in [0.717, 1.165) is 0 Å². The SMILES string of the molecule is COC(=O)c1c(NCC(C)C)sc(C(=O)C(C)C)c1N. The smallest absolute Gasteiger partial charge is 0.343 e. The van der Waals surface area contributed by atoms with Crippen LogP contribution in [0.25, 0.3) is 0 Å². The van der Waals surface area contributed by atoms with Gasteiger partial charge in [-0.3, -0.25) is 4.79 Å². The molecule has 0 unspecified atom stereocenters. The molecule has 0 amide bonds. The number of hydrogen-bond acceptors (Lipinski definition) is 6. The van der Waals surface area contributed by atoms with Crippen LogP contribution >= 0.6 is 11.3 Å². The number of nitrogens with two attached hydrogens (primary N) is 1. The quantitative estimate of drug-likeness (QED) is 0.623. The summed E-state index contributed by atoms with van der Waals surface area (Å²) < 4.78 is 4.75. The molecule has 0 aliphatic carbocycles. The van der Waals surface area contributed by atoms with Gasteiger partial charge in [-0.1, -0.05) is 27.7 Å². The molecule has 0 aliphatic rings. The Labute approximate surface area is 123 Å². The fraction of sp³-hybridized carbons (Fsp3) is 0.571. The van der Waals surface area contributed by atoms with Gasteiger partial charge in [-0.25, -0.2) is 4.79 Å². The molecule has 0 atom stereocenters. The van der Waals surface area contributed by atoms with E-state index in [2.05, 4.69) is 19.2 Å². The van der Waals surface area contributed by atoms with Crippen LogP contribution in [0.4, 0.5) is 10.7 Å². The molecule has 1 heterocycles. The van der Waals surface area contributed by atoms with Crippen LogP contribution in [-0.2, 0) is 4.74 Å². The third-order valence-electron chi connectivity index (χ3n) is 2.75. The zero-order valence-corrected chi connectivity index (χ0v) is 13.4. The summed E-state index contributed by atoms with van der Waals surface area (Å²) in [7, 11) is 1.30. The lowest BCUT2D eigenvalue weighted by molar-refractivity contribution is 0.0603. The Morgan fingerprint density at radius 3 is 2.35 bits per heavy atom. The van der Waals surface area contributed by atoms with Crippen molar-refractivity contribution in [2.75, 3.05) is 24.7 Å². The maximum atomic E-state index is 12.1. The monoisotopic (exact) mass is 298 g/mol. The Bertz CT molecular complexity index is 507. The van der Waals surface area contributed by atoms with Crippen molar-refractivity contribution in [3.05, 3.63) is 10.4 Å². The molecular formula is C14H22N2O3S. The molecule has 3 N–H and O–H groups in total. The van der Waals surface area contributed by atoms with Gasteiger partial charge < -0.3 is 15.8 Å². The Hall–Kier alpha value is -1.56. The van der Waals surface area contributed by atoms with Gasteiger partial charge in [0.05, 0.1) is 17.7 Å². The fourth-order valence-electron chi connectivity index (χ4n) is 1.62. The Morgan fingerprint density at radius 2 is 1.90 bits per heavy atom. The van der Waals surface area contributed by atoms with Crippen molar-refractivity contribution in [3.63, 3.8) is 0 Å². The highest BCUT2D eigenvalue weighted by Crippen LogP contribution is 2.37. The molecule has 0 fully saturated rings. The molecule has 6 heteroatoms. The van der Waals surface area contributed by atoms with Crippen molar-refractivity contribution in [1.29, 1.82) is 0 Å². The van der Waals surface area contributed by atoms with Gasteiger partial charge in [0.15, 0.2) is 5.78 Å². The number of carbonyl (C=O) groups excluding carboxylic acids is 2. The number of anilines is 2. The highest BCUT2D eigenvalue weighted by atomic mass is 32.1. The number of esters is 1. The van der Waals surface area contributed by atoms with E-state index in [1.807, 2.05) is 0 Å². The van der Waals surface area contributed by atoms with Crippen LogP contribution in [0.5, 0.6) is 0 Å². The lowest BCUT2D eigenvalue weighted by Crippen LogP contribution is -2.12. The van der Waals surface area contributed by atoms with Gasteiger partial charge in [-0.2, -0.15) is 0 Å². The summed E-state index contributed by atoms with van der Waals surface area (Å²) in [6, 6.07) is 0. The van der Waals surface area contributed by atoms with Crippen molar-refractivity contribution >= 4 is 33.8 Å². The first kappa shape index (κ1) is 16.5. The number of hydrogen-bond donors (Lipinski definition) is 2. The van der Waals surface area contributed by atoms with Crippen molar-refractivity contribution in [3.8, 4) is 0 Å². The lowest BCUT2D eigenvalue weighted by Gasteiger charge is -2.08. The molecule has 0 bridgehead atoms. The van der Waals surface area contributed by atoms with E-state index in [9.17, 15) is 9.59 Å². The van der Waals surface area contributed by atoms with Crippen molar-refractivity contribution < 1.29 is 14.3 Å². The Balaban J connectivity index is 3.24. The number of rotatable bonds is 6. The number of nitrogens with one attached hydrogen (secondary N) is 1. The standard InChI is InChI=1S/C14H22N2O3S/c1-7(2)6-16-13-9(14(18)19-5)10(15)12(20-13)11(17)8(3)4/h7-8,16H,6,15H2,1-5H3. The summed E-state index contributed by atoms with van der Waals surface area (Å²) in [4.78, 5) is 24.4. The molecule has 0 spiro atoms. The summed E-state index contributed by atoms with van der Waals surface area (Å²) in [5.41, 5.74) is 6.45. The van der Waals surface area contributed by atoms with Crippen molar-refractivity contribution in [2.24, 2.45) is 11.8 Å². The fourth-order valence-corrected chi connectivity index (χ4v) is 2.82. The third-order valence-corrected chi connectivity index (χ3v) is 3.93. The van der Waals surface area contributed by atoms with Gasteiger partial charge in [-0.15, -0.1) is 11.3 Å². The number of thiophene rings is 1. The number of methoxy groups -OCH3 is 1. The van der Waals surface area contributed by atoms with E-state index in [4.69, 9.17) is 10.5 Å². The van der Waals surface area contributed by atoms with Gasteiger partial charge in [0.2, 0.25) is 0 Å². The maximum absolute atomic E-state index is 12.1. The van der Waals surface area contributed by atoms with Crippen LogP contribution in [0.3, 0.4) is 0 Å². The minimum atomic E-state index is -0.521. The molecule has 0 saturated carbocycles. The molecule has 0 saturated heterocycles. The second kappa shape index (κ2) is 6.74. The molecule has 0 radical (unpaired) electrons. The van der Waals surface area contributed by atoms with E-state index in [1.165, 1.54) is 18.4 Å². The van der Waals surface area contributed by atoms with Crippen molar-refractivity contribution in [2.45, 2.75) is 27.7 Å². The second-order valence-electron chi connectivity index (χ2n) is 5.33. The Kier molecular flexibility index (Phi) is 5.56. The van der Waals surface area contributed by atoms with Crippen LogP contribution < -0.4 is 11.1 Å². The number of carbonyl (C=O) groups is 2. The topological polar surface area (TPSA) is 81.4 Å². The number of ether oxygens (including phenoxy) is 1. The van der Waals surface area contributed by atoms with E-state index in [0.29, 0.717) is 22.3 Å². The highest BCUT2D eigenvalue weighted by molar-refractivity contribution is 7.19. The van der Waals surface area contributed by atoms with Gasteiger partial charge in [-0.05, 0) is 5.92 Å². The van der Waals surface area contributed by atoms with Crippen LogP contribution in [-0.4, -0.2) is 25.4 Å². The van der Waals surface area contributed by atoms with Gasteiger partial charge in [0.25, 0.3) is 0 Å². The van der Waals surface area contributed by atoms with Gasteiger partial charge in [0.1, 0.15) is 10.6 Å². The lowest BCUT2D eigenvalue weighted by atomic mass is 10.1. The number of nitrogen functional groups attached to an aromatic ring is 1. The zero-order chi connectivity index (χ0) is 15.4. The summed E-state index contributed by atoms with van der Waals surface area (Å²) in [5.74, 6) is -0.337. The van der Waals surface area contributed by atoms with E-state index < -0.39 is 5.97 Å². The van der Waals surface area contributed by atoms with E-state index in [-0.39, 0.29) is 23.0 Å². The number of Topliss-reactive ketones (excluding diaryl/α,β-unsaturated/α-hetero) is 1. The molecule has 0 aliphatic heterocycles. The molecule has 0 aromatic carbocycles. The first-order valence-electron chi connectivity index (χ1n) is 6.58. The average Bonchev–Trinajstić information content (AvgIpc) is 2.71. The molecule has 20 heavy (non-hydrogen) atoms. The average molecular weight is 298 g/mol. The molecule has 5 nitrogen and oxygen atoms in total. The summed E-state index contributed by atoms with van der Waals surface area (Å²) in [6.45, 7) is 8.42. The summed E-state index contributed by atoms with van der Waals surface area (Å²) in [6.07, 6.45) is 0. The maximum Gasteiger partial charge on any atom is 0.343 e. The largest absolute Gasteiger partial charge is 0.465 e. The normalized spacial score (nSPS) is 10.9. The second-order valence-corrected chi connectivity index (χ2v) is 6.35. The van der Waals surface area contributed by atoms with Crippen LogP contribution in [0.2, 0.25) is 0 Å². The number of ketones is 1. The first-order chi connectivity index (χ1) is 9.29. The summed E-state index contributed by atoms with van der Waals surface area (Å²) >= 11 is 1.22. The first-order valence-corrected chi connectivity index (χ1v) is 7.39. The molecule has 112 valence electrons. The highest BCUT2D eigenvalue weighted by Gasteiger charge is 2.27. The Morgan fingerprint density at radius 1 is 1.30 bits per heavy atom. The van der Waals surface area contributed by atoms with E-state index >= 15 is 0 Å². The van der Waals surface area contributed by atoms with Gasteiger partial charge in [0, 0.05) is 12.5 Å². The predicted octanol–water partition coefficient (Wildman–Crippen LogP) is 3.02. The van der Waals surface area contributed by atoms with Crippen LogP contribution in [0.15, 0.2) is 0 Å². The van der Waals surface area contributed by atoms with Crippen LogP contribution in [0, 0.1) is 11.8 Å². The van der Waals surface area contributed by atoms with Crippen molar-refractivity contribution in [1.82, 2.24) is 0 Å². The minimum Gasteiger partial charge on any atom is -0.465 e. The summed E-state index contributed by atoms with van der Waals surface area (Å²) in [5, 5.41) is 3.77.